The molecule has 21 heavy (non-hydrogen) atoms. The summed E-state index contributed by atoms with van der Waals surface area (Å²) < 4.78 is 0. The van der Waals surface area contributed by atoms with Crippen LogP contribution in [0.25, 0.3) is 10.2 Å². The second-order valence-electron chi connectivity index (χ2n) is 6.22. The fraction of sp³-hybridized carbons (Fsp3) is 0.625. The molecule has 0 bridgehead atoms. The van der Waals surface area contributed by atoms with Crippen molar-refractivity contribution in [3.8, 4) is 0 Å². The van der Waals surface area contributed by atoms with Crippen LogP contribution in [-0.2, 0) is 6.42 Å². The molecule has 3 N–H and O–H groups in total. The van der Waals surface area contributed by atoms with Gasteiger partial charge in [-0.05, 0) is 37.2 Å². The van der Waals surface area contributed by atoms with Crippen LogP contribution in [-0.4, -0.2) is 16.5 Å². The molecule has 0 aliphatic heterocycles. The Morgan fingerprint density at radius 3 is 2.76 bits per heavy atom. The first-order valence-electron chi connectivity index (χ1n) is 7.95. The van der Waals surface area contributed by atoms with E-state index in [2.05, 4.69) is 35.2 Å². The van der Waals surface area contributed by atoms with E-state index in [1.807, 2.05) is 0 Å². The number of fused-ring (bicyclic) bond motifs is 1. The van der Waals surface area contributed by atoms with E-state index >= 15 is 0 Å². The molecule has 2 aromatic heterocycles. The van der Waals surface area contributed by atoms with E-state index in [9.17, 15) is 0 Å². The van der Waals surface area contributed by atoms with Gasteiger partial charge >= 0.3 is 0 Å². The molecule has 0 unspecified atom stereocenters. The highest BCUT2D eigenvalue weighted by molar-refractivity contribution is 7.18. The number of hydrogen-bond donors (Lipinski definition) is 2. The summed E-state index contributed by atoms with van der Waals surface area (Å²) >= 11 is 1.72. The average Bonchev–Trinajstić information content (AvgIpc) is 2.89. The van der Waals surface area contributed by atoms with Crippen LogP contribution in [0, 0.1) is 11.8 Å². The number of rotatable bonds is 4. The molecule has 1 fully saturated rings. The molecule has 1 aliphatic rings. The van der Waals surface area contributed by atoms with Gasteiger partial charge in [-0.3, -0.25) is 0 Å². The number of nitrogens with zero attached hydrogens (tertiary/aromatic N) is 2. The Kier molecular flexibility index (Phi) is 4.29. The van der Waals surface area contributed by atoms with Gasteiger partial charge in [-0.1, -0.05) is 26.7 Å². The number of anilines is 2. The van der Waals surface area contributed by atoms with E-state index in [1.54, 1.807) is 11.3 Å². The minimum atomic E-state index is 0.367. The number of nitrogens with two attached hydrogens (primary N) is 1. The molecule has 3 rings (SSSR count). The van der Waals surface area contributed by atoms with Crippen molar-refractivity contribution in [1.82, 2.24) is 9.97 Å². The Morgan fingerprint density at radius 2 is 2.05 bits per heavy atom. The van der Waals surface area contributed by atoms with Crippen LogP contribution < -0.4 is 11.1 Å². The number of thiophene rings is 1. The fourth-order valence-corrected chi connectivity index (χ4v) is 4.05. The van der Waals surface area contributed by atoms with Crippen LogP contribution in [0.2, 0.25) is 0 Å². The number of hydrogen-bond acceptors (Lipinski definition) is 5. The van der Waals surface area contributed by atoms with Crippen LogP contribution in [0.4, 0.5) is 11.8 Å². The average molecular weight is 304 g/mol. The van der Waals surface area contributed by atoms with Crippen molar-refractivity contribution < 1.29 is 0 Å². The lowest BCUT2D eigenvalue weighted by atomic mass is 9.83. The van der Waals surface area contributed by atoms with Gasteiger partial charge in [0.1, 0.15) is 10.6 Å². The van der Waals surface area contributed by atoms with E-state index in [4.69, 9.17) is 5.73 Å². The van der Waals surface area contributed by atoms with E-state index in [1.165, 1.54) is 30.6 Å². The molecule has 1 saturated carbocycles. The molecule has 0 atom stereocenters. The third-order valence-electron chi connectivity index (χ3n) is 4.50. The molecule has 4 nitrogen and oxygen atoms in total. The lowest BCUT2D eigenvalue weighted by molar-refractivity contribution is 0.300. The normalized spacial score (nSPS) is 22.6. The van der Waals surface area contributed by atoms with E-state index < -0.39 is 0 Å². The number of aromatic nitrogens is 2. The van der Waals surface area contributed by atoms with Gasteiger partial charge in [0.15, 0.2) is 0 Å². The van der Waals surface area contributed by atoms with Gasteiger partial charge in [-0.2, -0.15) is 4.98 Å². The first kappa shape index (κ1) is 14.6. The molecule has 2 heterocycles. The second kappa shape index (κ2) is 6.18. The molecule has 114 valence electrons. The third kappa shape index (κ3) is 3.28. The summed E-state index contributed by atoms with van der Waals surface area (Å²) in [6, 6.07) is 2.20. The minimum Gasteiger partial charge on any atom is -0.369 e. The standard InChI is InChI=1S/C16H24N4S/c1-3-12-8-13-14(19-16(17)20-15(13)21-12)18-9-11-6-4-10(2)5-7-11/h8,10-11H,3-7,9H2,1-2H3,(H3,17,18,19,20). The topological polar surface area (TPSA) is 63.8 Å². The summed E-state index contributed by atoms with van der Waals surface area (Å²) in [6.07, 6.45) is 6.38. The molecule has 5 heteroatoms. The van der Waals surface area contributed by atoms with Crippen molar-refractivity contribution in [2.75, 3.05) is 17.6 Å². The largest absolute Gasteiger partial charge is 0.369 e. The summed E-state index contributed by atoms with van der Waals surface area (Å²) in [4.78, 5) is 11.1. The molecule has 1 aliphatic carbocycles. The fourth-order valence-electron chi connectivity index (χ4n) is 3.07. The van der Waals surface area contributed by atoms with Gasteiger partial charge in [0.05, 0.1) is 5.39 Å². The monoisotopic (exact) mass is 304 g/mol. The Hall–Kier alpha value is -1.36. The highest BCUT2D eigenvalue weighted by Crippen LogP contribution is 2.32. The number of nitrogen functional groups attached to an aromatic ring is 1. The van der Waals surface area contributed by atoms with Gasteiger partial charge in [-0.15, -0.1) is 11.3 Å². The van der Waals surface area contributed by atoms with Gasteiger partial charge in [-0.25, -0.2) is 4.98 Å². The van der Waals surface area contributed by atoms with Crippen LogP contribution in [0.5, 0.6) is 0 Å². The van der Waals surface area contributed by atoms with Crippen molar-refractivity contribution in [3.05, 3.63) is 10.9 Å². The Balaban J connectivity index is 1.75. The number of aryl methyl sites for hydroxylation is 1. The lowest BCUT2D eigenvalue weighted by Crippen LogP contribution is -2.20. The Morgan fingerprint density at radius 1 is 1.29 bits per heavy atom. The van der Waals surface area contributed by atoms with Crippen molar-refractivity contribution >= 4 is 33.3 Å². The minimum absolute atomic E-state index is 0.367. The second-order valence-corrected chi connectivity index (χ2v) is 7.34. The molecule has 0 radical (unpaired) electrons. The van der Waals surface area contributed by atoms with Gasteiger partial charge < -0.3 is 11.1 Å². The Bertz CT molecular complexity index is 614. The quantitative estimate of drug-likeness (QED) is 0.893. The molecule has 0 amide bonds. The van der Waals surface area contributed by atoms with Crippen LogP contribution in [0.3, 0.4) is 0 Å². The maximum Gasteiger partial charge on any atom is 0.223 e. The van der Waals surface area contributed by atoms with Crippen LogP contribution in [0.1, 0.15) is 44.4 Å². The van der Waals surface area contributed by atoms with Crippen molar-refractivity contribution in [1.29, 1.82) is 0 Å². The van der Waals surface area contributed by atoms with Crippen molar-refractivity contribution in [2.45, 2.75) is 46.0 Å². The predicted molar refractivity (Wildman–Crippen MR) is 90.8 cm³/mol. The third-order valence-corrected chi connectivity index (χ3v) is 5.68. The smallest absolute Gasteiger partial charge is 0.223 e. The SMILES string of the molecule is CCc1cc2c(NCC3CCC(C)CC3)nc(N)nc2s1. The highest BCUT2D eigenvalue weighted by Gasteiger charge is 2.19. The zero-order valence-electron chi connectivity index (χ0n) is 12.9. The van der Waals surface area contributed by atoms with Gasteiger partial charge in [0.2, 0.25) is 5.95 Å². The van der Waals surface area contributed by atoms with E-state index in [0.717, 1.165) is 40.8 Å². The molecule has 0 aromatic carbocycles. The molecular weight excluding hydrogens is 280 g/mol. The van der Waals surface area contributed by atoms with E-state index in [-0.39, 0.29) is 0 Å². The Labute approximate surface area is 130 Å². The highest BCUT2D eigenvalue weighted by atomic mass is 32.1. The maximum atomic E-state index is 5.85. The summed E-state index contributed by atoms with van der Waals surface area (Å²) in [6.45, 7) is 5.52. The van der Waals surface area contributed by atoms with Crippen LogP contribution in [0.15, 0.2) is 6.07 Å². The van der Waals surface area contributed by atoms with Crippen molar-refractivity contribution in [2.24, 2.45) is 11.8 Å². The summed E-state index contributed by atoms with van der Waals surface area (Å²) in [5.74, 6) is 2.93. The van der Waals surface area contributed by atoms with Gasteiger partial charge in [0, 0.05) is 11.4 Å². The van der Waals surface area contributed by atoms with Crippen molar-refractivity contribution in [3.63, 3.8) is 0 Å². The zero-order chi connectivity index (χ0) is 14.8. The summed E-state index contributed by atoms with van der Waals surface area (Å²) in [5.41, 5.74) is 5.85. The lowest BCUT2D eigenvalue weighted by Gasteiger charge is -2.26. The molecule has 2 aromatic rings. The molecular formula is C16H24N4S. The molecule has 0 spiro atoms. The summed E-state index contributed by atoms with van der Waals surface area (Å²) in [5, 5.41) is 4.65. The molecule has 0 saturated heterocycles. The predicted octanol–water partition coefficient (Wildman–Crippen LogP) is 4.07. The van der Waals surface area contributed by atoms with Crippen LogP contribution >= 0.6 is 11.3 Å². The maximum absolute atomic E-state index is 5.85. The van der Waals surface area contributed by atoms with E-state index in [0.29, 0.717) is 5.95 Å². The zero-order valence-corrected chi connectivity index (χ0v) is 13.7. The number of nitrogens with one attached hydrogen (secondary N) is 1. The van der Waals surface area contributed by atoms with Gasteiger partial charge in [0.25, 0.3) is 0 Å². The first-order valence-corrected chi connectivity index (χ1v) is 8.77. The summed E-state index contributed by atoms with van der Waals surface area (Å²) in [7, 11) is 0. The first-order chi connectivity index (χ1) is 10.2.